The molecule has 0 amide bonds. The van der Waals surface area contributed by atoms with Gasteiger partial charge in [-0.05, 0) is 31.4 Å². The van der Waals surface area contributed by atoms with Crippen LogP contribution in [0.2, 0.25) is 0 Å². The van der Waals surface area contributed by atoms with E-state index in [1.165, 1.54) is 32.1 Å². The van der Waals surface area contributed by atoms with Crippen molar-refractivity contribution in [3.8, 4) is 0 Å². The number of rotatable bonds is 6. The van der Waals surface area contributed by atoms with Crippen LogP contribution in [0.5, 0.6) is 0 Å². The van der Waals surface area contributed by atoms with Gasteiger partial charge in [-0.15, -0.1) is 0 Å². The first-order valence-corrected chi connectivity index (χ1v) is 6.20. The molecule has 0 heterocycles. The molecule has 15 heavy (non-hydrogen) atoms. The highest BCUT2D eigenvalue weighted by atomic mass is 16.5. The second-order valence-corrected chi connectivity index (χ2v) is 4.58. The van der Waals surface area contributed by atoms with Crippen molar-refractivity contribution in [2.45, 2.75) is 45.1 Å². The molecular formula is C13H25NO. The maximum absolute atomic E-state index is 5.96. The Kier molecular flexibility index (Phi) is 5.96. The molecule has 0 aliphatic heterocycles. The number of hydrogen-bond donors (Lipinski definition) is 1. The molecule has 0 bridgehead atoms. The average Bonchev–Trinajstić information content (AvgIpc) is 2.27. The van der Waals surface area contributed by atoms with Crippen LogP contribution in [0.1, 0.15) is 39.0 Å². The number of nitrogens with one attached hydrogen (secondary N) is 1. The monoisotopic (exact) mass is 211 g/mol. The fourth-order valence-corrected chi connectivity index (χ4v) is 2.39. The van der Waals surface area contributed by atoms with Crippen molar-refractivity contribution in [3.05, 3.63) is 12.2 Å². The van der Waals surface area contributed by atoms with Gasteiger partial charge in [0.1, 0.15) is 0 Å². The first kappa shape index (κ1) is 12.7. The molecule has 0 aromatic heterocycles. The van der Waals surface area contributed by atoms with Crippen molar-refractivity contribution in [2.24, 2.45) is 5.92 Å². The van der Waals surface area contributed by atoms with Crippen molar-refractivity contribution in [3.63, 3.8) is 0 Å². The van der Waals surface area contributed by atoms with Crippen LogP contribution >= 0.6 is 0 Å². The predicted molar refractivity (Wildman–Crippen MR) is 65.1 cm³/mol. The normalized spacial score (nSPS) is 26.5. The molecule has 1 rings (SSSR count). The molecular weight excluding hydrogens is 186 g/mol. The minimum atomic E-state index is 0.484. The number of hydrogen-bond acceptors (Lipinski definition) is 2. The molecule has 0 aromatic carbocycles. The lowest BCUT2D eigenvalue weighted by Gasteiger charge is -2.31. The minimum Gasteiger partial charge on any atom is -0.374 e. The third-order valence-electron chi connectivity index (χ3n) is 3.29. The van der Waals surface area contributed by atoms with Crippen molar-refractivity contribution in [1.29, 1.82) is 0 Å². The molecule has 2 heteroatoms. The molecule has 1 N–H and O–H groups in total. The van der Waals surface area contributed by atoms with Crippen molar-refractivity contribution in [2.75, 3.05) is 20.2 Å². The summed E-state index contributed by atoms with van der Waals surface area (Å²) in [6.07, 6.45) is 7.04. The van der Waals surface area contributed by atoms with Crippen molar-refractivity contribution >= 4 is 0 Å². The van der Waals surface area contributed by atoms with E-state index in [1.807, 2.05) is 7.05 Å². The highest BCUT2D eigenvalue weighted by Crippen LogP contribution is 2.29. The summed E-state index contributed by atoms with van der Waals surface area (Å²) in [5.74, 6) is 0.779. The van der Waals surface area contributed by atoms with Gasteiger partial charge in [-0.25, -0.2) is 0 Å². The van der Waals surface area contributed by atoms with Gasteiger partial charge in [0.2, 0.25) is 0 Å². The standard InChI is InChI=1S/C13H25NO/c1-4-12-7-5-6-8-13(12)15-10-11(2)9-14-3/h12-14H,2,4-10H2,1,3H3. The molecule has 0 radical (unpaired) electrons. The fraction of sp³-hybridized carbons (Fsp3) is 0.846. The van der Waals surface area contributed by atoms with Crippen LogP contribution in [-0.2, 0) is 4.74 Å². The maximum atomic E-state index is 5.96. The van der Waals surface area contributed by atoms with Crippen LogP contribution in [0.15, 0.2) is 12.2 Å². The molecule has 2 nitrogen and oxygen atoms in total. The third-order valence-corrected chi connectivity index (χ3v) is 3.29. The van der Waals surface area contributed by atoms with E-state index in [-0.39, 0.29) is 0 Å². The minimum absolute atomic E-state index is 0.484. The lowest BCUT2D eigenvalue weighted by atomic mass is 9.85. The van der Waals surface area contributed by atoms with Gasteiger partial charge in [-0.2, -0.15) is 0 Å². The van der Waals surface area contributed by atoms with Crippen LogP contribution in [0.3, 0.4) is 0 Å². The Hall–Kier alpha value is -0.340. The average molecular weight is 211 g/mol. The van der Waals surface area contributed by atoms with E-state index in [0.29, 0.717) is 6.10 Å². The van der Waals surface area contributed by atoms with Gasteiger partial charge in [0.25, 0.3) is 0 Å². The van der Waals surface area contributed by atoms with Gasteiger partial charge in [0, 0.05) is 6.54 Å². The zero-order chi connectivity index (χ0) is 11.1. The van der Waals surface area contributed by atoms with Gasteiger partial charge < -0.3 is 10.1 Å². The molecule has 1 aliphatic carbocycles. The molecule has 1 saturated carbocycles. The summed E-state index contributed by atoms with van der Waals surface area (Å²) >= 11 is 0. The van der Waals surface area contributed by atoms with E-state index in [9.17, 15) is 0 Å². The lowest BCUT2D eigenvalue weighted by Crippen LogP contribution is -2.28. The van der Waals surface area contributed by atoms with Gasteiger partial charge in [0.15, 0.2) is 0 Å². The van der Waals surface area contributed by atoms with E-state index in [4.69, 9.17) is 4.74 Å². The largest absolute Gasteiger partial charge is 0.374 e. The first-order chi connectivity index (χ1) is 7.27. The topological polar surface area (TPSA) is 21.3 Å². The van der Waals surface area contributed by atoms with Crippen LogP contribution in [0.25, 0.3) is 0 Å². The second kappa shape index (κ2) is 7.02. The molecule has 0 spiro atoms. The van der Waals surface area contributed by atoms with Crippen molar-refractivity contribution in [1.82, 2.24) is 5.32 Å². The molecule has 0 saturated heterocycles. The quantitative estimate of drug-likeness (QED) is 0.682. The Balaban J connectivity index is 2.26. The van der Waals surface area contributed by atoms with Gasteiger partial charge >= 0.3 is 0 Å². The summed E-state index contributed by atoms with van der Waals surface area (Å²) < 4.78 is 5.96. The smallest absolute Gasteiger partial charge is 0.0690 e. The summed E-state index contributed by atoms with van der Waals surface area (Å²) in [5.41, 5.74) is 1.15. The van der Waals surface area contributed by atoms with Crippen LogP contribution in [0.4, 0.5) is 0 Å². The van der Waals surface area contributed by atoms with Gasteiger partial charge in [-0.3, -0.25) is 0 Å². The Bertz CT molecular complexity index is 191. The predicted octanol–water partition coefficient (Wildman–Crippen LogP) is 2.75. The van der Waals surface area contributed by atoms with Crippen LogP contribution < -0.4 is 5.32 Å². The Labute approximate surface area is 94.1 Å². The van der Waals surface area contributed by atoms with Gasteiger partial charge in [-0.1, -0.05) is 32.8 Å². The Morgan fingerprint density at radius 1 is 1.40 bits per heavy atom. The highest BCUT2D eigenvalue weighted by molar-refractivity contribution is 4.96. The highest BCUT2D eigenvalue weighted by Gasteiger charge is 2.23. The molecule has 1 aliphatic rings. The van der Waals surface area contributed by atoms with Gasteiger partial charge in [0.05, 0.1) is 12.7 Å². The summed E-state index contributed by atoms with van der Waals surface area (Å²) in [6.45, 7) is 7.85. The maximum Gasteiger partial charge on any atom is 0.0690 e. The third kappa shape index (κ3) is 4.35. The van der Waals surface area contributed by atoms with Crippen LogP contribution in [-0.4, -0.2) is 26.3 Å². The van der Waals surface area contributed by atoms with Crippen molar-refractivity contribution < 1.29 is 4.74 Å². The van der Waals surface area contributed by atoms with E-state index in [0.717, 1.165) is 24.6 Å². The SMILES string of the molecule is C=C(CNC)COC1CCCCC1CC. The number of ether oxygens (including phenoxy) is 1. The zero-order valence-corrected chi connectivity index (χ0v) is 10.2. The lowest BCUT2D eigenvalue weighted by molar-refractivity contribution is -0.000850. The van der Waals surface area contributed by atoms with E-state index in [1.54, 1.807) is 0 Å². The fourth-order valence-electron chi connectivity index (χ4n) is 2.39. The zero-order valence-electron chi connectivity index (χ0n) is 10.2. The summed E-state index contributed by atoms with van der Waals surface area (Å²) in [4.78, 5) is 0. The Morgan fingerprint density at radius 2 is 2.13 bits per heavy atom. The van der Waals surface area contributed by atoms with E-state index < -0.39 is 0 Å². The van der Waals surface area contributed by atoms with E-state index in [2.05, 4.69) is 18.8 Å². The molecule has 2 atom stereocenters. The summed E-state index contributed by atoms with van der Waals surface area (Å²) in [6, 6.07) is 0. The number of likely N-dealkylation sites (N-methyl/N-ethyl adjacent to an activating group) is 1. The molecule has 2 unspecified atom stereocenters. The molecule has 1 fully saturated rings. The van der Waals surface area contributed by atoms with Crippen LogP contribution in [0, 0.1) is 5.92 Å². The summed E-state index contributed by atoms with van der Waals surface area (Å²) in [7, 11) is 1.95. The molecule has 0 aromatic rings. The molecule has 88 valence electrons. The Morgan fingerprint density at radius 3 is 2.80 bits per heavy atom. The van der Waals surface area contributed by atoms with E-state index >= 15 is 0 Å². The summed E-state index contributed by atoms with van der Waals surface area (Å²) in [5, 5.41) is 3.10. The first-order valence-electron chi connectivity index (χ1n) is 6.20. The second-order valence-electron chi connectivity index (χ2n) is 4.58.